The molecule has 0 radical (unpaired) electrons. The quantitative estimate of drug-likeness (QED) is 0.234. The normalized spacial score (nSPS) is 11.3. The Bertz CT molecular complexity index is 1490. The number of alkyl halides is 3. The van der Waals surface area contributed by atoms with Crippen molar-refractivity contribution in [1.29, 1.82) is 0 Å². The molecule has 5 nitrogen and oxygen atoms in total. The molecule has 0 aliphatic carbocycles. The smallest absolute Gasteiger partial charge is 0.340 e. The lowest BCUT2D eigenvalue weighted by molar-refractivity contribution is -0.137. The third-order valence-electron chi connectivity index (χ3n) is 5.23. The molecular formula is C26H17ClF3N5S. The van der Waals surface area contributed by atoms with Crippen LogP contribution in [0.4, 0.5) is 36.4 Å². The van der Waals surface area contributed by atoms with Crippen LogP contribution in [0.1, 0.15) is 5.56 Å². The summed E-state index contributed by atoms with van der Waals surface area (Å²) in [5, 5.41) is 10.6. The summed E-state index contributed by atoms with van der Waals surface area (Å²) in [6.45, 7) is 0. The first-order valence-corrected chi connectivity index (χ1v) is 12.0. The highest BCUT2D eigenvalue weighted by molar-refractivity contribution is 7.08. The Morgan fingerprint density at radius 3 is 2.39 bits per heavy atom. The zero-order chi connectivity index (χ0) is 25.1. The molecule has 2 aromatic carbocycles. The van der Waals surface area contributed by atoms with Crippen molar-refractivity contribution < 1.29 is 13.2 Å². The number of aromatic nitrogens is 3. The summed E-state index contributed by atoms with van der Waals surface area (Å²) in [7, 11) is 0. The molecule has 0 spiro atoms. The maximum atomic E-state index is 13.2. The Labute approximate surface area is 213 Å². The second kappa shape index (κ2) is 9.96. The number of anilines is 4. The molecule has 0 saturated heterocycles. The molecule has 180 valence electrons. The second-order valence-electron chi connectivity index (χ2n) is 7.74. The lowest BCUT2D eigenvalue weighted by Gasteiger charge is -2.15. The maximum absolute atomic E-state index is 13.2. The molecule has 0 saturated carbocycles. The van der Waals surface area contributed by atoms with Crippen LogP contribution >= 0.6 is 22.9 Å². The van der Waals surface area contributed by atoms with E-state index in [1.165, 1.54) is 12.1 Å². The molecule has 0 fully saturated rings. The van der Waals surface area contributed by atoms with Crippen molar-refractivity contribution in [1.82, 2.24) is 15.0 Å². The van der Waals surface area contributed by atoms with Gasteiger partial charge in [-0.1, -0.05) is 29.8 Å². The summed E-state index contributed by atoms with van der Waals surface area (Å²) < 4.78 is 39.7. The molecule has 3 aromatic heterocycles. The summed E-state index contributed by atoms with van der Waals surface area (Å²) in [6.07, 6.45) is -1.14. The van der Waals surface area contributed by atoms with Crippen LogP contribution in [0.25, 0.3) is 22.3 Å². The van der Waals surface area contributed by atoms with Crippen molar-refractivity contribution in [3.8, 4) is 22.3 Å². The number of rotatable bonds is 6. The average Bonchev–Trinajstić information content (AvgIpc) is 3.40. The minimum absolute atomic E-state index is 0.228. The maximum Gasteiger partial charge on any atom is 0.416 e. The van der Waals surface area contributed by atoms with Crippen molar-refractivity contribution >= 4 is 46.2 Å². The summed E-state index contributed by atoms with van der Waals surface area (Å²) in [5.41, 5.74) is 2.80. The van der Waals surface area contributed by atoms with Gasteiger partial charge in [0.2, 0.25) is 5.95 Å². The molecule has 0 bridgehead atoms. The van der Waals surface area contributed by atoms with Gasteiger partial charge in [0.15, 0.2) is 0 Å². The van der Waals surface area contributed by atoms with Crippen LogP contribution in [0, 0.1) is 0 Å². The number of thiophene rings is 1. The first-order chi connectivity index (χ1) is 17.3. The Morgan fingerprint density at radius 2 is 1.67 bits per heavy atom. The predicted molar refractivity (Wildman–Crippen MR) is 138 cm³/mol. The van der Waals surface area contributed by atoms with Gasteiger partial charge in [0.1, 0.15) is 11.6 Å². The van der Waals surface area contributed by atoms with E-state index in [4.69, 9.17) is 11.6 Å². The molecule has 10 heteroatoms. The van der Waals surface area contributed by atoms with Gasteiger partial charge in [0, 0.05) is 34.2 Å². The van der Waals surface area contributed by atoms with Crippen LogP contribution in [0.5, 0.6) is 0 Å². The van der Waals surface area contributed by atoms with E-state index in [0.717, 1.165) is 23.3 Å². The molecule has 5 rings (SSSR count). The Balaban J connectivity index is 1.48. The molecule has 36 heavy (non-hydrogen) atoms. The first kappa shape index (κ1) is 23.8. The van der Waals surface area contributed by atoms with Crippen LogP contribution < -0.4 is 10.6 Å². The summed E-state index contributed by atoms with van der Waals surface area (Å²) in [5.74, 6) is 1.06. The summed E-state index contributed by atoms with van der Waals surface area (Å²) >= 11 is 7.77. The van der Waals surface area contributed by atoms with Crippen molar-refractivity contribution in [3.05, 3.63) is 100 Å². The number of nitrogens with zero attached hydrogens (tertiary/aromatic N) is 3. The molecule has 3 heterocycles. The van der Waals surface area contributed by atoms with Crippen molar-refractivity contribution in [2.75, 3.05) is 10.6 Å². The van der Waals surface area contributed by atoms with E-state index < -0.39 is 11.7 Å². The van der Waals surface area contributed by atoms with Crippen LogP contribution in [0.2, 0.25) is 5.02 Å². The third kappa shape index (κ3) is 5.48. The molecule has 0 unspecified atom stereocenters. The molecule has 5 aromatic rings. The molecule has 0 atom stereocenters. The molecule has 0 aliphatic rings. The highest BCUT2D eigenvalue weighted by Crippen LogP contribution is 2.34. The van der Waals surface area contributed by atoms with Crippen LogP contribution in [-0.2, 0) is 6.18 Å². The number of halogens is 4. The lowest BCUT2D eigenvalue weighted by atomic mass is 10.1. The number of hydrogen-bond acceptors (Lipinski definition) is 6. The van der Waals surface area contributed by atoms with Gasteiger partial charge in [-0.3, -0.25) is 0 Å². The fourth-order valence-corrected chi connectivity index (χ4v) is 4.35. The minimum Gasteiger partial charge on any atom is -0.340 e. The first-order valence-electron chi connectivity index (χ1n) is 10.7. The van der Waals surface area contributed by atoms with Crippen LogP contribution in [0.15, 0.2) is 89.9 Å². The average molecular weight is 524 g/mol. The van der Waals surface area contributed by atoms with Crippen molar-refractivity contribution in [3.63, 3.8) is 0 Å². The van der Waals surface area contributed by atoms with Crippen LogP contribution in [0.3, 0.4) is 0 Å². The van der Waals surface area contributed by atoms with Crippen molar-refractivity contribution in [2.24, 2.45) is 0 Å². The number of benzene rings is 2. The minimum atomic E-state index is -4.47. The highest BCUT2D eigenvalue weighted by atomic mass is 35.5. The fraction of sp³-hybridized carbons (Fsp3) is 0.0385. The van der Waals surface area contributed by atoms with Crippen molar-refractivity contribution in [2.45, 2.75) is 6.18 Å². The zero-order valence-corrected chi connectivity index (χ0v) is 20.0. The van der Waals surface area contributed by atoms with Crippen LogP contribution in [-0.4, -0.2) is 15.0 Å². The van der Waals surface area contributed by atoms with E-state index >= 15 is 0 Å². The van der Waals surface area contributed by atoms with E-state index in [-0.39, 0.29) is 11.6 Å². The molecule has 0 aliphatic heterocycles. The van der Waals surface area contributed by atoms with Gasteiger partial charge in [-0.2, -0.15) is 29.5 Å². The summed E-state index contributed by atoms with van der Waals surface area (Å²) in [6, 6.07) is 17.7. The molecule has 0 amide bonds. The van der Waals surface area contributed by atoms with E-state index in [1.54, 1.807) is 48.0 Å². The highest BCUT2D eigenvalue weighted by Gasteiger charge is 2.30. The second-order valence-corrected chi connectivity index (χ2v) is 8.96. The fourth-order valence-electron chi connectivity index (χ4n) is 3.50. The predicted octanol–water partition coefficient (Wildman–Crippen LogP) is 8.43. The standard InChI is InChI=1S/C26H17ClF3N5S/c27-20-5-1-3-16(11-20)22-14-32-25(34-23-8-7-17(13-31-23)18-9-10-36-15-18)35-24(22)33-21-6-2-4-19(12-21)26(28,29)30/h1-15H,(H2,31,32,33,34,35). The Kier molecular flexibility index (Phi) is 6.58. The van der Waals surface area contributed by atoms with Gasteiger partial charge >= 0.3 is 6.18 Å². The topological polar surface area (TPSA) is 62.7 Å². The van der Waals surface area contributed by atoms with Gasteiger partial charge in [0.05, 0.1) is 5.56 Å². The van der Waals surface area contributed by atoms with E-state index in [0.29, 0.717) is 27.8 Å². The van der Waals surface area contributed by atoms with E-state index in [1.807, 2.05) is 29.0 Å². The lowest BCUT2D eigenvalue weighted by Crippen LogP contribution is -2.06. The largest absolute Gasteiger partial charge is 0.416 e. The monoisotopic (exact) mass is 523 g/mol. The van der Waals surface area contributed by atoms with Gasteiger partial charge in [0.25, 0.3) is 0 Å². The zero-order valence-electron chi connectivity index (χ0n) is 18.4. The Hall–Kier alpha value is -3.95. The number of hydrogen-bond donors (Lipinski definition) is 2. The summed E-state index contributed by atoms with van der Waals surface area (Å²) in [4.78, 5) is 13.4. The molecular weight excluding hydrogens is 507 g/mol. The Morgan fingerprint density at radius 1 is 0.806 bits per heavy atom. The molecule has 2 N–H and O–H groups in total. The van der Waals surface area contributed by atoms with Gasteiger partial charge in [-0.15, -0.1) is 0 Å². The van der Waals surface area contributed by atoms with E-state index in [2.05, 4.69) is 25.6 Å². The number of nitrogens with one attached hydrogen (secondary N) is 2. The van der Waals surface area contributed by atoms with Gasteiger partial charge < -0.3 is 10.6 Å². The third-order valence-corrected chi connectivity index (χ3v) is 6.15. The van der Waals surface area contributed by atoms with Gasteiger partial charge in [-0.05, 0) is 70.4 Å². The SMILES string of the molecule is FC(F)(F)c1cccc(Nc2nc(Nc3ccc(-c4ccsc4)cn3)ncc2-c2cccc(Cl)c2)c1. The van der Waals surface area contributed by atoms with Gasteiger partial charge in [-0.25, -0.2) is 9.97 Å². The van der Waals surface area contributed by atoms with E-state index in [9.17, 15) is 13.2 Å². The number of pyridine rings is 1.